The van der Waals surface area contributed by atoms with Crippen LogP contribution >= 0.6 is 0 Å². The molecule has 80 valence electrons. The summed E-state index contributed by atoms with van der Waals surface area (Å²) >= 11 is 0. The molecular formula is C13H17NO. The zero-order valence-electron chi connectivity index (χ0n) is 9.20. The topological polar surface area (TPSA) is 32.3 Å². The average Bonchev–Trinajstić information content (AvgIpc) is 2.31. The zero-order valence-corrected chi connectivity index (χ0v) is 9.20. The van der Waals surface area contributed by atoms with Gasteiger partial charge in [0.25, 0.3) is 0 Å². The van der Waals surface area contributed by atoms with E-state index in [0.717, 1.165) is 16.7 Å². The molecule has 0 radical (unpaired) electrons. The van der Waals surface area contributed by atoms with E-state index in [1.165, 1.54) is 0 Å². The van der Waals surface area contributed by atoms with Crippen LogP contribution in [-0.2, 0) is 6.61 Å². The number of rotatable bonds is 4. The molecule has 0 fully saturated rings. The van der Waals surface area contributed by atoms with Gasteiger partial charge in [-0.15, -0.1) is 0 Å². The van der Waals surface area contributed by atoms with Gasteiger partial charge in [0, 0.05) is 7.05 Å². The average molecular weight is 203 g/mol. The Morgan fingerprint density at radius 1 is 1.33 bits per heavy atom. The number of allylic oxidation sites excluding steroid dienone is 3. The van der Waals surface area contributed by atoms with E-state index < -0.39 is 0 Å². The van der Waals surface area contributed by atoms with Crippen LogP contribution < -0.4 is 5.32 Å². The molecule has 1 aromatic rings. The normalized spacial score (nSPS) is 12.1. The Hall–Kier alpha value is -1.54. The van der Waals surface area contributed by atoms with Gasteiger partial charge in [0.2, 0.25) is 0 Å². The summed E-state index contributed by atoms with van der Waals surface area (Å²) in [6.07, 6.45) is 5.98. The Kier molecular flexibility index (Phi) is 4.64. The molecule has 15 heavy (non-hydrogen) atoms. The van der Waals surface area contributed by atoms with Gasteiger partial charge in [0.15, 0.2) is 0 Å². The van der Waals surface area contributed by atoms with Crippen LogP contribution in [0.4, 0.5) is 0 Å². The lowest BCUT2D eigenvalue weighted by Gasteiger charge is -2.03. The predicted octanol–water partition coefficient (Wildman–Crippen LogP) is 2.32. The molecule has 0 aromatic heterocycles. The highest BCUT2D eigenvalue weighted by atomic mass is 16.3. The van der Waals surface area contributed by atoms with Crippen molar-refractivity contribution in [3.8, 4) is 0 Å². The van der Waals surface area contributed by atoms with E-state index in [0.29, 0.717) is 0 Å². The second kappa shape index (κ2) is 6.04. The molecule has 0 unspecified atom stereocenters. The number of hydrogen-bond acceptors (Lipinski definition) is 2. The lowest BCUT2D eigenvalue weighted by molar-refractivity contribution is 0.282. The Morgan fingerprint density at radius 3 is 2.47 bits per heavy atom. The zero-order chi connectivity index (χ0) is 11.1. The first-order valence-corrected chi connectivity index (χ1v) is 5.02. The van der Waals surface area contributed by atoms with Gasteiger partial charge in [0.05, 0.1) is 6.61 Å². The molecule has 0 bridgehead atoms. The number of aliphatic hydroxyl groups is 1. The number of benzene rings is 1. The van der Waals surface area contributed by atoms with Crippen LogP contribution in [-0.4, -0.2) is 12.2 Å². The first-order chi connectivity index (χ1) is 7.31. The molecular weight excluding hydrogens is 186 g/mol. The van der Waals surface area contributed by atoms with E-state index in [2.05, 4.69) is 11.4 Å². The molecule has 0 saturated heterocycles. The van der Waals surface area contributed by atoms with Crippen molar-refractivity contribution in [1.82, 2.24) is 5.32 Å². The maximum atomic E-state index is 8.93. The van der Waals surface area contributed by atoms with E-state index >= 15 is 0 Å². The molecule has 0 aliphatic heterocycles. The third kappa shape index (κ3) is 3.26. The molecule has 0 aliphatic rings. The minimum absolute atomic E-state index is 0.0950. The van der Waals surface area contributed by atoms with E-state index in [1.54, 1.807) is 0 Å². The van der Waals surface area contributed by atoms with Crippen LogP contribution in [0.3, 0.4) is 0 Å². The molecule has 0 saturated carbocycles. The number of hydrogen-bond donors (Lipinski definition) is 2. The molecule has 2 N–H and O–H groups in total. The van der Waals surface area contributed by atoms with Crippen LogP contribution in [0, 0.1) is 0 Å². The summed E-state index contributed by atoms with van der Waals surface area (Å²) in [5, 5.41) is 11.9. The first kappa shape index (κ1) is 11.5. The fourth-order valence-corrected chi connectivity index (χ4v) is 1.33. The lowest BCUT2D eigenvalue weighted by Crippen LogP contribution is -1.92. The highest BCUT2D eigenvalue weighted by Gasteiger charge is 1.96. The molecule has 2 nitrogen and oxygen atoms in total. The van der Waals surface area contributed by atoms with Gasteiger partial charge in [-0.2, -0.15) is 0 Å². The Labute approximate surface area is 91.0 Å². The summed E-state index contributed by atoms with van der Waals surface area (Å²) < 4.78 is 0. The molecule has 0 aliphatic carbocycles. The van der Waals surface area contributed by atoms with Crippen molar-refractivity contribution in [3.05, 3.63) is 53.7 Å². The molecule has 2 heteroatoms. The molecule has 0 spiro atoms. The van der Waals surface area contributed by atoms with Crippen molar-refractivity contribution < 1.29 is 5.11 Å². The van der Waals surface area contributed by atoms with Gasteiger partial charge >= 0.3 is 0 Å². The Bertz CT molecular complexity index is 349. The smallest absolute Gasteiger partial charge is 0.0681 e. The first-order valence-electron chi connectivity index (χ1n) is 5.02. The summed E-state index contributed by atoms with van der Waals surface area (Å²) in [7, 11) is 1.87. The minimum Gasteiger partial charge on any atom is -0.394 e. The van der Waals surface area contributed by atoms with Crippen molar-refractivity contribution >= 4 is 5.57 Å². The van der Waals surface area contributed by atoms with Crippen molar-refractivity contribution in [2.24, 2.45) is 0 Å². The number of aliphatic hydroxyl groups excluding tert-OH is 1. The van der Waals surface area contributed by atoms with Crippen LogP contribution in [0.5, 0.6) is 0 Å². The molecule has 0 atom stereocenters. The second-order valence-electron chi connectivity index (χ2n) is 3.22. The summed E-state index contributed by atoms with van der Waals surface area (Å²) in [4.78, 5) is 0. The van der Waals surface area contributed by atoms with Crippen LogP contribution in [0.25, 0.3) is 5.57 Å². The van der Waals surface area contributed by atoms with Crippen molar-refractivity contribution in [2.75, 3.05) is 7.05 Å². The summed E-state index contributed by atoms with van der Waals surface area (Å²) in [5.74, 6) is 0. The number of nitrogens with one attached hydrogen (secondary N) is 1. The van der Waals surface area contributed by atoms with E-state index in [-0.39, 0.29) is 6.61 Å². The molecule has 1 rings (SSSR count). The van der Waals surface area contributed by atoms with Gasteiger partial charge in [-0.3, -0.25) is 0 Å². The van der Waals surface area contributed by atoms with E-state index in [1.807, 2.05) is 50.5 Å². The van der Waals surface area contributed by atoms with E-state index in [4.69, 9.17) is 5.11 Å². The maximum Gasteiger partial charge on any atom is 0.0681 e. The summed E-state index contributed by atoms with van der Waals surface area (Å²) in [5.41, 5.74) is 3.25. The fourth-order valence-electron chi connectivity index (χ4n) is 1.33. The van der Waals surface area contributed by atoms with Crippen molar-refractivity contribution in [2.45, 2.75) is 13.5 Å². The SMILES string of the molecule is C/C=C(\C=C/NC)c1ccc(CO)cc1. The highest BCUT2D eigenvalue weighted by molar-refractivity contribution is 5.73. The predicted molar refractivity (Wildman–Crippen MR) is 64.2 cm³/mol. The van der Waals surface area contributed by atoms with Gasteiger partial charge in [-0.25, -0.2) is 0 Å². The lowest BCUT2D eigenvalue weighted by atomic mass is 10.0. The fraction of sp³-hybridized carbons (Fsp3) is 0.231. The standard InChI is InChI=1S/C13H17NO/c1-3-12(8-9-14-2)13-6-4-11(10-15)5-7-13/h3-9,14-15H,10H2,1-2H3/b9-8-,12-3+. The van der Waals surface area contributed by atoms with Gasteiger partial charge < -0.3 is 10.4 Å². The highest BCUT2D eigenvalue weighted by Crippen LogP contribution is 2.16. The Morgan fingerprint density at radius 2 is 2.00 bits per heavy atom. The monoisotopic (exact) mass is 203 g/mol. The molecule has 1 aromatic carbocycles. The van der Waals surface area contributed by atoms with E-state index in [9.17, 15) is 0 Å². The molecule has 0 amide bonds. The van der Waals surface area contributed by atoms with Crippen LogP contribution in [0.1, 0.15) is 18.1 Å². The van der Waals surface area contributed by atoms with Gasteiger partial charge in [0.1, 0.15) is 0 Å². The second-order valence-corrected chi connectivity index (χ2v) is 3.22. The summed E-state index contributed by atoms with van der Waals surface area (Å²) in [6.45, 7) is 2.10. The summed E-state index contributed by atoms with van der Waals surface area (Å²) in [6, 6.07) is 7.90. The van der Waals surface area contributed by atoms with Crippen LogP contribution in [0.2, 0.25) is 0 Å². The maximum absolute atomic E-state index is 8.93. The van der Waals surface area contributed by atoms with Crippen molar-refractivity contribution in [3.63, 3.8) is 0 Å². The minimum atomic E-state index is 0.0950. The van der Waals surface area contributed by atoms with Crippen LogP contribution in [0.15, 0.2) is 42.6 Å². The quantitative estimate of drug-likeness (QED) is 0.736. The third-order valence-corrected chi connectivity index (χ3v) is 2.21. The van der Waals surface area contributed by atoms with Crippen molar-refractivity contribution in [1.29, 1.82) is 0 Å². The van der Waals surface area contributed by atoms with Gasteiger partial charge in [-0.05, 0) is 35.9 Å². The third-order valence-electron chi connectivity index (χ3n) is 2.21. The molecule has 0 heterocycles. The largest absolute Gasteiger partial charge is 0.394 e. The van der Waals surface area contributed by atoms with Gasteiger partial charge in [-0.1, -0.05) is 30.3 Å². The Balaban J connectivity index is 2.89.